The highest BCUT2D eigenvalue weighted by molar-refractivity contribution is 5.90. The first-order valence-electron chi connectivity index (χ1n) is 42.8. The molecule has 9 aliphatic rings. The van der Waals surface area contributed by atoms with Crippen LogP contribution < -0.4 is 96.4 Å². The van der Waals surface area contributed by atoms with Gasteiger partial charge in [0, 0.05) is 48.9 Å². The Morgan fingerprint density at radius 1 is 0.231 bits per heavy atom. The van der Waals surface area contributed by atoms with Crippen molar-refractivity contribution in [3.8, 4) is 36.4 Å². The van der Waals surface area contributed by atoms with Crippen LogP contribution in [0.4, 0.5) is 48.3 Å². The van der Waals surface area contributed by atoms with E-state index in [9.17, 15) is 79.9 Å². The summed E-state index contributed by atoms with van der Waals surface area (Å²) in [4.78, 5) is 116. The maximum Gasteiger partial charge on any atom is 0.416 e. The molecule has 0 radical (unpaired) electrons. The average molecular weight is 1960 g/mol. The number of nitrogens with zero attached hydrogens (tertiary/aromatic N) is 33. The van der Waals surface area contributed by atoms with Gasteiger partial charge in [-0.3, -0.25) is 29.9 Å². The number of hydrogen-bond donors (Lipinski definition) is 0. The quantitative estimate of drug-likeness (QED) is 0.0742. The zero-order valence-corrected chi connectivity index (χ0v) is 76.3. The van der Waals surface area contributed by atoms with E-state index >= 15 is 0 Å². The molecule has 0 saturated carbocycles. The molecule has 12 aromatic rings. The molecule has 702 valence electrons. The first-order valence-corrected chi connectivity index (χ1v) is 42.8. The van der Waals surface area contributed by atoms with Crippen LogP contribution in [0.15, 0.2) is 289 Å². The number of aromatic nitrogens is 6. The number of halogens is 11. The summed E-state index contributed by atoms with van der Waals surface area (Å²) >= 11 is 0. The summed E-state index contributed by atoms with van der Waals surface area (Å²) in [6.45, 7) is 37.4. The van der Waals surface area contributed by atoms with E-state index in [0.29, 0.717) is 59.3 Å². The molecule has 33 nitrogen and oxygen atoms in total. The normalized spacial score (nSPS) is 15.6. The third kappa shape index (κ3) is 17.7. The highest BCUT2D eigenvalue weighted by Crippen LogP contribution is 2.38. The Hall–Kier alpha value is -21.1. The molecule has 21 rings (SSSR count). The molecule has 147 heavy (non-hydrogen) atoms. The molecule has 0 bridgehead atoms. The summed E-state index contributed by atoms with van der Waals surface area (Å²) in [6.07, 6.45) is 0.369. The predicted molar refractivity (Wildman–Crippen MR) is 488 cm³/mol. The van der Waals surface area contributed by atoms with Crippen LogP contribution in [0.3, 0.4) is 0 Å². The number of allylic oxidation sites excluding steroid dienone is 6. The van der Waals surface area contributed by atoms with E-state index in [2.05, 4.69) is 141 Å². The molecule has 0 saturated heterocycles. The average Bonchev–Trinajstić information content (AvgIpc) is 1.64. The van der Waals surface area contributed by atoms with Gasteiger partial charge >= 0.3 is 12.4 Å². The van der Waals surface area contributed by atoms with Crippen molar-refractivity contribution in [3.63, 3.8) is 0 Å². The van der Waals surface area contributed by atoms with Gasteiger partial charge in [-0.15, -0.1) is 0 Å². The molecule has 0 spiro atoms. The van der Waals surface area contributed by atoms with Gasteiger partial charge < -0.3 is 0 Å². The van der Waals surface area contributed by atoms with Crippen LogP contribution in [0.1, 0.15) is 106 Å². The Labute approximate surface area is 815 Å². The molecule has 0 amide bonds. The second-order valence-electron chi connectivity index (χ2n) is 32.9. The summed E-state index contributed by atoms with van der Waals surface area (Å²) in [7, 11) is 0. The van der Waals surface area contributed by atoms with Crippen molar-refractivity contribution in [3.05, 3.63) is 465 Å². The van der Waals surface area contributed by atoms with Gasteiger partial charge in [0.15, 0.2) is 75.7 Å². The lowest BCUT2D eigenvalue weighted by molar-refractivity contribution is -0.139. The molecule has 15 heterocycles. The molecule has 6 aromatic heterocycles. The highest BCUT2D eigenvalue weighted by Gasteiger charge is 2.36. The zero-order valence-electron chi connectivity index (χ0n) is 76.3. The van der Waals surface area contributed by atoms with E-state index in [1.807, 2.05) is 58.9 Å². The molecular formula is C103H48F11N33. The molecule has 0 atom stereocenters. The van der Waals surface area contributed by atoms with Crippen molar-refractivity contribution in [1.29, 1.82) is 31.6 Å². The Balaban J connectivity index is 0.000000139. The molecule has 9 aliphatic heterocycles. The van der Waals surface area contributed by atoms with Gasteiger partial charge in [-0.1, -0.05) is 0 Å². The van der Waals surface area contributed by atoms with Crippen molar-refractivity contribution in [2.75, 3.05) is 0 Å². The molecule has 0 fully saturated rings. The van der Waals surface area contributed by atoms with Gasteiger partial charge in [-0.05, 0) is 195 Å². The van der Waals surface area contributed by atoms with Gasteiger partial charge in [-0.25, -0.2) is 126 Å². The van der Waals surface area contributed by atoms with Crippen molar-refractivity contribution in [2.24, 2.45) is 89.9 Å². The topological polar surface area (TPSA) is 456 Å². The predicted octanol–water partition coefficient (Wildman–Crippen LogP) is 9.00. The Kier molecular flexibility index (Phi) is 23.8. The smallest absolute Gasteiger partial charge is 0.262 e. The van der Waals surface area contributed by atoms with Crippen LogP contribution in [0.25, 0.3) is 65.1 Å². The van der Waals surface area contributed by atoms with E-state index in [1.54, 1.807) is 61.4 Å². The number of aryl methyl sites for hydroxylation is 8. The molecule has 0 N–H and O–H groups in total. The second-order valence-corrected chi connectivity index (χ2v) is 32.9. The van der Waals surface area contributed by atoms with E-state index in [4.69, 9.17) is 24.7 Å². The minimum absolute atomic E-state index is 0.00332. The van der Waals surface area contributed by atoms with Crippen LogP contribution in [0.5, 0.6) is 0 Å². The third-order valence-electron chi connectivity index (χ3n) is 23.2. The van der Waals surface area contributed by atoms with Crippen molar-refractivity contribution in [1.82, 2.24) is 29.9 Å². The second kappa shape index (κ2) is 36.9. The first kappa shape index (κ1) is 94.9. The van der Waals surface area contributed by atoms with Gasteiger partial charge in [0.2, 0.25) is 0 Å². The molecule has 0 aliphatic carbocycles. The van der Waals surface area contributed by atoms with Gasteiger partial charge in [0.05, 0.1) is 164 Å². The lowest BCUT2D eigenvalue weighted by Crippen LogP contribution is -2.25. The third-order valence-corrected chi connectivity index (χ3v) is 23.2. The van der Waals surface area contributed by atoms with Crippen molar-refractivity contribution < 1.29 is 48.3 Å². The molecular weight excluding hydrogens is 1910 g/mol. The van der Waals surface area contributed by atoms with Crippen molar-refractivity contribution >= 4 is 50.5 Å². The number of nitriles is 6. The molecule has 44 heteroatoms. The van der Waals surface area contributed by atoms with Crippen LogP contribution in [0, 0.1) is 172 Å². The van der Waals surface area contributed by atoms with Crippen molar-refractivity contribution in [2.45, 2.75) is 67.7 Å². The fourth-order valence-electron chi connectivity index (χ4n) is 15.9. The van der Waals surface area contributed by atoms with Crippen LogP contribution in [-0.4, -0.2) is 29.9 Å². The molecule has 0 unspecified atom stereocenters. The standard InChI is InChI=1S/C38H20F6N10.C33H11F5N10.C32H17N13/c1-16-6-26-27(7-17(16)2)51-35(50-26)22(15-46)25-10-20(21(14-45)34-49-28-8-18(3)23(37(39,40)41)12-30(28)52-34)11-32(48-25)33(47-5)36-53-29-9-19(4)24(38(42,43)44)13-31(29)54-36;1-13-3-23-24(6-17(13)34)44-31(43-23)15(11-39)14-4-22(16(12-40)32-45-25-7-18(35)19(36)8-26(25)46-32)42-29(5-14)30(41-2)33-47-27-9-20(37)21(38)10-28(27)48-33;1-15-9-36-12-23-26(15)43-30(40-23)19(7-33)18-5-21(20(8-34)31-41-24-13-37-10-16(2)27(24)44-31)39-22(6-18)29(35-4)32-42-25-14-38-11-17(3)28(25)45-32/h6-13H,1-4H3;3-10H,1H3;5-6,9-14H,1-3H3/b34-21-,36-33+;31-15-;30-19+,31-20+,32-29-. The maximum atomic E-state index is 14.3. The van der Waals surface area contributed by atoms with E-state index in [1.165, 1.54) is 63.2 Å². The number of fused-ring (bicyclic) bond motifs is 9. The summed E-state index contributed by atoms with van der Waals surface area (Å²) in [6, 6.07) is 34.2. The van der Waals surface area contributed by atoms with E-state index in [0.717, 1.165) is 70.3 Å². The minimum Gasteiger partial charge on any atom is -0.262 e. The minimum atomic E-state index is -4.67. The van der Waals surface area contributed by atoms with Gasteiger partial charge in [-0.2, -0.15) is 57.9 Å². The monoisotopic (exact) mass is 1960 g/mol. The fourth-order valence-corrected chi connectivity index (χ4v) is 15.9. The lowest BCUT2D eigenvalue weighted by atomic mass is 10.0. The molecule has 6 aromatic carbocycles. The number of alkyl halides is 6. The summed E-state index contributed by atoms with van der Waals surface area (Å²) in [5.41, 5.74) is 1.12. The fraction of sp³-hybridized carbons (Fsp3) is 0.0971. The maximum absolute atomic E-state index is 14.3. The van der Waals surface area contributed by atoms with E-state index < -0.39 is 52.6 Å². The number of benzene rings is 6. The Bertz CT molecular complexity index is 9460. The highest BCUT2D eigenvalue weighted by atomic mass is 19.4. The Morgan fingerprint density at radius 2 is 0.442 bits per heavy atom. The first-order chi connectivity index (χ1) is 70.4. The number of pyridine rings is 6. The largest absolute Gasteiger partial charge is 0.416 e. The number of hydrogen-bond acceptors (Lipinski definition) is 30. The lowest BCUT2D eigenvalue weighted by Gasteiger charge is -2.09. The summed E-state index contributed by atoms with van der Waals surface area (Å²) in [5.74, 6) is -6.00. The summed E-state index contributed by atoms with van der Waals surface area (Å²) < 4.78 is 152. The SMILES string of the molecule is [C-]#[N+]/C(=C1/N=c2cncc(C)c2=N1)c1cc(/C(C#N)=C2\N=c3cncc(C)c3=N2)cc(/C(C#N)=C2\N=c3cncc(C)c3=N2)n1.[C-]#[N+]/C(=C1\N=c2cc(C)c(C(F)(F)F)cc2=N1)c1cc(/C(C#N)=C2/N=c3cc(C)c(C(F)(F)F)cc3=N2)cc(C(C#N)=C2N=c3cc(C)c(C)cc3=N2)n1.[C-]#[N+]C(=C1N=c2cc(F)c(F)cc2=N1)c1cc(/C(C#N)=C2/N=c3cc(C)c(F)cc3=N2)cc(C(C#N)=C2N=c3cc(F)c(F)cc3=N2)n1. The van der Waals surface area contributed by atoms with E-state index in [-0.39, 0.29) is 208 Å². The van der Waals surface area contributed by atoms with Crippen LogP contribution >= 0.6 is 0 Å². The van der Waals surface area contributed by atoms with Gasteiger partial charge in [0.25, 0.3) is 17.1 Å². The van der Waals surface area contributed by atoms with Crippen LogP contribution in [0.2, 0.25) is 0 Å². The van der Waals surface area contributed by atoms with Gasteiger partial charge in [0.1, 0.15) is 91.7 Å². The van der Waals surface area contributed by atoms with Crippen LogP contribution in [-0.2, 0) is 12.4 Å². The zero-order chi connectivity index (χ0) is 104. The number of rotatable bonds is 9. The Morgan fingerprint density at radius 3 is 0.721 bits per heavy atom. The summed E-state index contributed by atoms with van der Waals surface area (Å²) in [5, 5.41) is 66.6.